The molecule has 2 heteroatoms. The summed E-state index contributed by atoms with van der Waals surface area (Å²) in [5.74, 6) is 3.11. The molecule has 0 heterocycles. The molecule has 3 saturated carbocycles. The Labute approximate surface area is 133 Å². The van der Waals surface area contributed by atoms with Crippen LogP contribution < -0.4 is 0 Å². The van der Waals surface area contributed by atoms with Crippen LogP contribution in [-0.4, -0.2) is 16.5 Å². The van der Waals surface area contributed by atoms with Gasteiger partial charge in [0, 0.05) is 11.8 Å². The fraction of sp³-hybridized carbons (Fsp3) is 0.750. The molecule has 4 aliphatic rings. The smallest absolute Gasteiger partial charge is 0.155 e. The summed E-state index contributed by atoms with van der Waals surface area (Å²) < 4.78 is 0. The topological polar surface area (TPSA) is 37.3 Å². The van der Waals surface area contributed by atoms with E-state index in [0.29, 0.717) is 17.6 Å². The number of carbonyl (C=O) groups is 1. The van der Waals surface area contributed by atoms with Gasteiger partial charge < -0.3 is 5.11 Å². The molecule has 0 radical (unpaired) electrons. The first kappa shape index (κ1) is 14.7. The Bertz CT molecular complexity index is 548. The van der Waals surface area contributed by atoms with Crippen LogP contribution in [0.2, 0.25) is 0 Å². The van der Waals surface area contributed by atoms with Gasteiger partial charge in [-0.1, -0.05) is 18.6 Å². The molecular formula is C20H28O2. The molecule has 6 atom stereocenters. The van der Waals surface area contributed by atoms with Crippen molar-refractivity contribution in [3.05, 3.63) is 24.3 Å². The molecule has 6 unspecified atom stereocenters. The Morgan fingerprint density at radius 3 is 2.77 bits per heavy atom. The van der Waals surface area contributed by atoms with Crippen LogP contribution in [0, 0.1) is 29.1 Å². The first-order valence-corrected chi connectivity index (χ1v) is 9.08. The van der Waals surface area contributed by atoms with Crippen molar-refractivity contribution >= 4 is 5.78 Å². The van der Waals surface area contributed by atoms with Gasteiger partial charge in [0.2, 0.25) is 0 Å². The minimum Gasteiger partial charge on any atom is -0.385 e. The van der Waals surface area contributed by atoms with E-state index >= 15 is 0 Å². The van der Waals surface area contributed by atoms with Gasteiger partial charge in [0.05, 0.1) is 5.60 Å². The Kier molecular flexibility index (Phi) is 3.21. The maximum absolute atomic E-state index is 11.7. The van der Waals surface area contributed by atoms with Gasteiger partial charge in [-0.05, 0) is 74.7 Å². The normalized spacial score (nSPS) is 50.6. The third-order valence-electron chi connectivity index (χ3n) is 7.85. The minimum atomic E-state index is -0.665. The first-order valence-electron chi connectivity index (χ1n) is 9.08. The van der Waals surface area contributed by atoms with Crippen molar-refractivity contribution in [2.45, 2.75) is 63.9 Å². The highest BCUT2D eigenvalue weighted by atomic mass is 16.3. The Morgan fingerprint density at radius 1 is 1.18 bits per heavy atom. The highest BCUT2D eigenvalue weighted by molar-refractivity contribution is 5.91. The van der Waals surface area contributed by atoms with Crippen molar-refractivity contribution in [1.29, 1.82) is 0 Å². The molecule has 2 nitrogen and oxygen atoms in total. The molecule has 120 valence electrons. The van der Waals surface area contributed by atoms with E-state index in [-0.39, 0.29) is 5.41 Å². The van der Waals surface area contributed by atoms with E-state index in [4.69, 9.17) is 0 Å². The Hall–Kier alpha value is -0.890. The van der Waals surface area contributed by atoms with Crippen molar-refractivity contribution in [3.8, 4) is 0 Å². The zero-order valence-electron chi connectivity index (χ0n) is 13.7. The van der Waals surface area contributed by atoms with Crippen LogP contribution >= 0.6 is 0 Å². The molecular weight excluding hydrogens is 272 g/mol. The van der Waals surface area contributed by atoms with Gasteiger partial charge in [0.15, 0.2) is 5.78 Å². The number of fused-ring (bicyclic) bond motifs is 5. The molecule has 0 saturated heterocycles. The van der Waals surface area contributed by atoms with Crippen LogP contribution in [-0.2, 0) is 4.79 Å². The first-order chi connectivity index (χ1) is 10.5. The van der Waals surface area contributed by atoms with Crippen LogP contribution in [0.25, 0.3) is 0 Å². The lowest BCUT2D eigenvalue weighted by Gasteiger charge is -2.55. The maximum atomic E-state index is 11.7. The number of hydrogen-bond acceptors (Lipinski definition) is 2. The van der Waals surface area contributed by atoms with Gasteiger partial charge in [-0.25, -0.2) is 0 Å². The van der Waals surface area contributed by atoms with E-state index in [2.05, 4.69) is 13.5 Å². The number of carbonyl (C=O) groups excluding carboxylic acids is 1. The average Bonchev–Trinajstić information content (AvgIpc) is 2.79. The fourth-order valence-electron chi connectivity index (χ4n) is 6.57. The van der Waals surface area contributed by atoms with E-state index in [1.807, 2.05) is 12.2 Å². The summed E-state index contributed by atoms with van der Waals surface area (Å²) in [5.41, 5.74) is 0.793. The Morgan fingerprint density at radius 2 is 2.00 bits per heavy atom. The van der Waals surface area contributed by atoms with Crippen LogP contribution in [0.1, 0.15) is 58.3 Å². The second-order valence-electron chi connectivity index (χ2n) is 8.43. The molecule has 22 heavy (non-hydrogen) atoms. The predicted octanol–water partition coefficient (Wildman–Crippen LogP) is 4.05. The van der Waals surface area contributed by atoms with Gasteiger partial charge in [0.1, 0.15) is 0 Å². The SMILES string of the molecule is C=CC1(O)CCC2C3CCC4=CC(=O)CCC4C3CCC21C. The highest BCUT2D eigenvalue weighted by Crippen LogP contribution is 2.65. The number of allylic oxidation sites excluding steroid dienone is 1. The summed E-state index contributed by atoms with van der Waals surface area (Å²) in [5, 5.41) is 11.0. The van der Waals surface area contributed by atoms with Gasteiger partial charge in [-0.2, -0.15) is 0 Å². The second-order valence-corrected chi connectivity index (χ2v) is 8.43. The van der Waals surface area contributed by atoms with Crippen molar-refractivity contribution in [2.75, 3.05) is 0 Å². The summed E-state index contributed by atoms with van der Waals surface area (Å²) in [4.78, 5) is 11.7. The van der Waals surface area contributed by atoms with Gasteiger partial charge in [-0.3, -0.25) is 4.79 Å². The standard InChI is InChI=1S/C20H28O2/c1-3-20(22)11-9-18-17-6-4-13-12-14(21)5-7-15(13)16(17)8-10-19(18,20)2/h3,12,15-18,22H,1,4-11H2,2H3. The van der Waals surface area contributed by atoms with E-state index < -0.39 is 5.60 Å². The largest absolute Gasteiger partial charge is 0.385 e. The van der Waals surface area contributed by atoms with Crippen LogP contribution in [0.15, 0.2) is 24.3 Å². The second kappa shape index (κ2) is 4.80. The summed E-state index contributed by atoms with van der Waals surface area (Å²) in [6.07, 6.45) is 12.3. The molecule has 4 rings (SSSR count). The lowest BCUT2D eigenvalue weighted by Crippen LogP contribution is -2.51. The summed E-state index contributed by atoms with van der Waals surface area (Å²) in [7, 11) is 0. The number of rotatable bonds is 1. The monoisotopic (exact) mass is 300 g/mol. The van der Waals surface area contributed by atoms with Crippen molar-refractivity contribution < 1.29 is 9.90 Å². The third-order valence-corrected chi connectivity index (χ3v) is 7.85. The summed E-state index contributed by atoms with van der Waals surface area (Å²) >= 11 is 0. The lowest BCUT2D eigenvalue weighted by atomic mass is 9.50. The molecule has 4 aliphatic carbocycles. The van der Waals surface area contributed by atoms with Gasteiger partial charge in [0.25, 0.3) is 0 Å². The van der Waals surface area contributed by atoms with Crippen molar-refractivity contribution in [2.24, 2.45) is 29.1 Å². The molecule has 0 aliphatic heterocycles. The molecule has 3 fully saturated rings. The van der Waals surface area contributed by atoms with E-state index in [0.717, 1.165) is 50.4 Å². The van der Waals surface area contributed by atoms with Crippen LogP contribution in [0.3, 0.4) is 0 Å². The quantitative estimate of drug-likeness (QED) is 0.742. The molecule has 0 aromatic rings. The predicted molar refractivity (Wildman–Crippen MR) is 87.2 cm³/mol. The molecule has 0 spiro atoms. The van der Waals surface area contributed by atoms with E-state index in [9.17, 15) is 9.90 Å². The van der Waals surface area contributed by atoms with E-state index in [1.165, 1.54) is 18.4 Å². The van der Waals surface area contributed by atoms with E-state index in [1.54, 1.807) is 0 Å². The fourth-order valence-corrected chi connectivity index (χ4v) is 6.57. The zero-order chi connectivity index (χ0) is 15.5. The molecule has 1 N–H and O–H groups in total. The van der Waals surface area contributed by atoms with Crippen LogP contribution in [0.5, 0.6) is 0 Å². The number of hydrogen-bond donors (Lipinski definition) is 1. The molecule has 0 bridgehead atoms. The summed E-state index contributed by atoms with van der Waals surface area (Å²) in [6.45, 7) is 6.24. The summed E-state index contributed by atoms with van der Waals surface area (Å²) in [6, 6.07) is 0. The number of ketones is 1. The zero-order valence-corrected chi connectivity index (χ0v) is 13.7. The maximum Gasteiger partial charge on any atom is 0.155 e. The van der Waals surface area contributed by atoms with Gasteiger partial charge in [-0.15, -0.1) is 6.58 Å². The van der Waals surface area contributed by atoms with Gasteiger partial charge >= 0.3 is 0 Å². The Balaban J connectivity index is 1.65. The molecule has 0 amide bonds. The molecule has 0 aromatic heterocycles. The molecule has 0 aromatic carbocycles. The van der Waals surface area contributed by atoms with Crippen molar-refractivity contribution in [1.82, 2.24) is 0 Å². The van der Waals surface area contributed by atoms with Crippen LogP contribution in [0.4, 0.5) is 0 Å². The highest BCUT2D eigenvalue weighted by Gasteiger charge is 2.61. The average molecular weight is 300 g/mol. The van der Waals surface area contributed by atoms with Crippen molar-refractivity contribution in [3.63, 3.8) is 0 Å². The third kappa shape index (κ3) is 1.79. The lowest BCUT2D eigenvalue weighted by molar-refractivity contribution is -0.116. The minimum absolute atomic E-state index is 0.0155. The number of aliphatic hydroxyl groups is 1.